The minimum Gasteiger partial charge on any atom is -0.463 e. The number of Topliss-reactive ketones (excluding diaryl/α,β-unsaturated/α-hetero) is 1. The maximum Gasteiger partial charge on any atom is 0.333 e. The predicted octanol–water partition coefficient (Wildman–Crippen LogP) is 3.45. The molecular formula is C18H24O4. The van der Waals surface area contributed by atoms with Crippen LogP contribution in [0, 0.1) is 0 Å². The molecule has 0 amide bonds. The molecule has 1 aromatic rings. The number of hydrogen-bond donors (Lipinski definition) is 0. The molecule has 0 atom stereocenters. The fourth-order valence-corrected chi connectivity index (χ4v) is 1.92. The largest absolute Gasteiger partial charge is 0.463 e. The molecular weight excluding hydrogens is 280 g/mol. The van der Waals surface area contributed by atoms with E-state index in [4.69, 9.17) is 9.47 Å². The Balaban J connectivity index is 2.05. The van der Waals surface area contributed by atoms with Crippen LogP contribution in [0.3, 0.4) is 0 Å². The number of carbonyl (C=O) groups is 2. The molecule has 120 valence electrons. The van der Waals surface area contributed by atoms with E-state index < -0.39 is 5.97 Å². The molecule has 0 spiro atoms. The van der Waals surface area contributed by atoms with Gasteiger partial charge in [-0.3, -0.25) is 4.79 Å². The van der Waals surface area contributed by atoms with Crippen molar-refractivity contribution in [2.75, 3.05) is 13.2 Å². The fourth-order valence-electron chi connectivity index (χ4n) is 1.92. The molecule has 0 aliphatic heterocycles. The summed E-state index contributed by atoms with van der Waals surface area (Å²) in [7, 11) is 0. The number of rotatable bonds is 11. The SMILES string of the molecule is C=C(CC(=O)CCCCOCc1ccccc1)C(=O)OCC. The van der Waals surface area contributed by atoms with Crippen molar-refractivity contribution in [1.29, 1.82) is 0 Å². The quantitative estimate of drug-likeness (QED) is 0.357. The first-order chi connectivity index (χ1) is 10.6. The van der Waals surface area contributed by atoms with Gasteiger partial charge in [0.05, 0.1) is 13.2 Å². The number of esters is 1. The second-order valence-electron chi connectivity index (χ2n) is 5.03. The average molecular weight is 304 g/mol. The van der Waals surface area contributed by atoms with Crippen molar-refractivity contribution in [1.82, 2.24) is 0 Å². The third-order valence-electron chi connectivity index (χ3n) is 3.08. The number of unbranched alkanes of at least 4 members (excludes halogenated alkanes) is 1. The second kappa shape index (κ2) is 10.7. The standard InChI is InChI=1S/C18H24O4/c1-3-22-18(20)15(2)13-17(19)11-7-8-12-21-14-16-9-5-4-6-10-16/h4-6,9-10H,2-3,7-8,11-14H2,1H3. The van der Waals surface area contributed by atoms with Gasteiger partial charge in [0.2, 0.25) is 0 Å². The normalized spacial score (nSPS) is 10.2. The zero-order chi connectivity index (χ0) is 16.2. The highest BCUT2D eigenvalue weighted by Crippen LogP contribution is 2.08. The molecule has 4 heteroatoms. The van der Waals surface area contributed by atoms with Crippen molar-refractivity contribution in [3.8, 4) is 0 Å². The van der Waals surface area contributed by atoms with Crippen molar-refractivity contribution < 1.29 is 19.1 Å². The van der Waals surface area contributed by atoms with Gasteiger partial charge in [-0.25, -0.2) is 4.79 Å². The summed E-state index contributed by atoms with van der Waals surface area (Å²) in [5, 5.41) is 0. The lowest BCUT2D eigenvalue weighted by Gasteiger charge is -2.06. The van der Waals surface area contributed by atoms with Gasteiger partial charge in [0.25, 0.3) is 0 Å². The molecule has 0 aliphatic rings. The van der Waals surface area contributed by atoms with E-state index in [1.165, 1.54) is 0 Å². The van der Waals surface area contributed by atoms with Crippen LogP contribution >= 0.6 is 0 Å². The molecule has 0 N–H and O–H groups in total. The highest BCUT2D eigenvalue weighted by atomic mass is 16.5. The molecule has 0 aliphatic carbocycles. The summed E-state index contributed by atoms with van der Waals surface area (Å²) in [6.45, 7) is 6.82. The Bertz CT molecular complexity index is 479. The third kappa shape index (κ3) is 7.74. The van der Waals surface area contributed by atoms with Gasteiger partial charge in [-0.2, -0.15) is 0 Å². The van der Waals surface area contributed by atoms with E-state index in [-0.39, 0.29) is 17.8 Å². The van der Waals surface area contributed by atoms with Crippen LogP contribution in [0.2, 0.25) is 0 Å². The molecule has 0 bridgehead atoms. The molecule has 0 radical (unpaired) electrons. The monoisotopic (exact) mass is 304 g/mol. The summed E-state index contributed by atoms with van der Waals surface area (Å²) in [4.78, 5) is 23.0. The van der Waals surface area contributed by atoms with Gasteiger partial charge in [0.1, 0.15) is 5.78 Å². The minimum absolute atomic E-state index is 0.0149. The van der Waals surface area contributed by atoms with Crippen LogP contribution in [0.4, 0.5) is 0 Å². The summed E-state index contributed by atoms with van der Waals surface area (Å²) >= 11 is 0. The summed E-state index contributed by atoms with van der Waals surface area (Å²) in [5.74, 6) is -0.469. The first-order valence-corrected chi connectivity index (χ1v) is 7.61. The zero-order valence-electron chi connectivity index (χ0n) is 13.2. The van der Waals surface area contributed by atoms with Gasteiger partial charge >= 0.3 is 5.97 Å². The molecule has 1 aromatic carbocycles. The van der Waals surface area contributed by atoms with Crippen LogP contribution in [-0.4, -0.2) is 25.0 Å². The Morgan fingerprint density at radius 1 is 1.14 bits per heavy atom. The highest BCUT2D eigenvalue weighted by molar-refractivity contribution is 5.95. The Hall–Kier alpha value is -1.94. The molecule has 0 saturated heterocycles. The van der Waals surface area contributed by atoms with E-state index in [9.17, 15) is 9.59 Å². The van der Waals surface area contributed by atoms with Crippen LogP contribution in [0.15, 0.2) is 42.5 Å². The molecule has 0 unspecified atom stereocenters. The van der Waals surface area contributed by atoms with Gasteiger partial charge in [-0.15, -0.1) is 0 Å². The highest BCUT2D eigenvalue weighted by Gasteiger charge is 2.12. The predicted molar refractivity (Wildman–Crippen MR) is 85.3 cm³/mol. The van der Waals surface area contributed by atoms with E-state index in [1.54, 1.807) is 6.92 Å². The van der Waals surface area contributed by atoms with Crippen molar-refractivity contribution >= 4 is 11.8 Å². The van der Waals surface area contributed by atoms with Crippen LogP contribution in [-0.2, 0) is 25.7 Å². The lowest BCUT2D eigenvalue weighted by atomic mass is 10.1. The van der Waals surface area contributed by atoms with Gasteiger partial charge < -0.3 is 9.47 Å². The van der Waals surface area contributed by atoms with E-state index in [0.29, 0.717) is 26.2 Å². The molecule has 1 rings (SSSR count). The number of hydrogen-bond acceptors (Lipinski definition) is 4. The Labute approximate surface area is 132 Å². The minimum atomic E-state index is -0.484. The molecule has 22 heavy (non-hydrogen) atoms. The van der Waals surface area contributed by atoms with E-state index in [1.807, 2.05) is 30.3 Å². The Morgan fingerprint density at radius 3 is 2.55 bits per heavy atom. The van der Waals surface area contributed by atoms with Crippen molar-refractivity contribution in [2.24, 2.45) is 0 Å². The van der Waals surface area contributed by atoms with Gasteiger partial charge in [-0.1, -0.05) is 36.9 Å². The fraction of sp³-hybridized carbons (Fsp3) is 0.444. The van der Waals surface area contributed by atoms with Gasteiger partial charge in [-0.05, 0) is 25.3 Å². The number of ether oxygens (including phenoxy) is 2. The smallest absolute Gasteiger partial charge is 0.333 e. The van der Waals surface area contributed by atoms with Crippen LogP contribution in [0.25, 0.3) is 0 Å². The molecule has 0 saturated carbocycles. The van der Waals surface area contributed by atoms with Crippen molar-refractivity contribution in [2.45, 2.75) is 39.2 Å². The Morgan fingerprint density at radius 2 is 1.86 bits per heavy atom. The summed E-state index contributed by atoms with van der Waals surface area (Å²) in [6.07, 6.45) is 2.09. The zero-order valence-corrected chi connectivity index (χ0v) is 13.2. The lowest BCUT2D eigenvalue weighted by molar-refractivity contribution is -0.139. The van der Waals surface area contributed by atoms with Crippen LogP contribution < -0.4 is 0 Å². The molecule has 0 heterocycles. The molecule has 0 fully saturated rings. The first kappa shape index (κ1) is 18.1. The lowest BCUT2D eigenvalue weighted by Crippen LogP contribution is -2.11. The number of carbonyl (C=O) groups excluding carboxylic acids is 2. The van der Waals surface area contributed by atoms with Crippen LogP contribution in [0.5, 0.6) is 0 Å². The Kier molecular flexibility index (Phi) is 8.84. The average Bonchev–Trinajstić information content (AvgIpc) is 2.52. The van der Waals surface area contributed by atoms with Crippen molar-refractivity contribution in [3.63, 3.8) is 0 Å². The van der Waals surface area contributed by atoms with E-state index in [2.05, 4.69) is 6.58 Å². The van der Waals surface area contributed by atoms with Crippen LogP contribution in [0.1, 0.15) is 38.2 Å². The van der Waals surface area contributed by atoms with E-state index in [0.717, 1.165) is 18.4 Å². The number of ketones is 1. The molecule has 0 aromatic heterocycles. The topological polar surface area (TPSA) is 52.6 Å². The van der Waals surface area contributed by atoms with Gasteiger partial charge in [0, 0.05) is 25.0 Å². The maximum absolute atomic E-state index is 11.7. The van der Waals surface area contributed by atoms with Gasteiger partial charge in [0.15, 0.2) is 0 Å². The number of benzene rings is 1. The van der Waals surface area contributed by atoms with Crippen molar-refractivity contribution in [3.05, 3.63) is 48.0 Å². The second-order valence-corrected chi connectivity index (χ2v) is 5.03. The molecule has 4 nitrogen and oxygen atoms in total. The first-order valence-electron chi connectivity index (χ1n) is 7.61. The maximum atomic E-state index is 11.7. The van der Waals surface area contributed by atoms with E-state index >= 15 is 0 Å². The summed E-state index contributed by atoms with van der Waals surface area (Å²) < 4.78 is 10.3. The summed E-state index contributed by atoms with van der Waals surface area (Å²) in [5.41, 5.74) is 1.37. The third-order valence-corrected chi connectivity index (χ3v) is 3.08. The summed E-state index contributed by atoms with van der Waals surface area (Å²) in [6, 6.07) is 9.97.